The lowest BCUT2D eigenvalue weighted by Crippen LogP contribution is -2.51. The van der Waals surface area contributed by atoms with Crippen LogP contribution in [-0.2, 0) is 9.59 Å². The molecule has 0 aliphatic heterocycles. The van der Waals surface area contributed by atoms with Crippen molar-refractivity contribution in [2.45, 2.75) is 11.8 Å². The number of rotatable bonds is 6. The van der Waals surface area contributed by atoms with E-state index in [1.54, 1.807) is 12.1 Å². The van der Waals surface area contributed by atoms with Crippen molar-refractivity contribution in [3.63, 3.8) is 0 Å². The summed E-state index contributed by atoms with van der Waals surface area (Å²) >= 11 is 0. The summed E-state index contributed by atoms with van der Waals surface area (Å²) < 4.78 is 10.2. The van der Waals surface area contributed by atoms with E-state index in [1.165, 1.54) is 38.5 Å². The van der Waals surface area contributed by atoms with Gasteiger partial charge in [-0.05, 0) is 35.4 Å². The van der Waals surface area contributed by atoms with Crippen LogP contribution in [0.4, 0.5) is 0 Å². The number of ether oxygens (including phenoxy) is 2. The third kappa shape index (κ3) is 3.06. The lowest BCUT2D eigenvalue weighted by molar-refractivity contribution is -0.164. The van der Waals surface area contributed by atoms with E-state index in [0.29, 0.717) is 11.1 Å². The van der Waals surface area contributed by atoms with Crippen molar-refractivity contribution in [2.24, 2.45) is 11.8 Å². The number of methoxy groups -OCH3 is 2. The van der Waals surface area contributed by atoms with Gasteiger partial charge < -0.3 is 29.9 Å². The second kappa shape index (κ2) is 7.30. The summed E-state index contributed by atoms with van der Waals surface area (Å²) in [5.74, 6) is -5.94. The minimum atomic E-state index is -1.22. The van der Waals surface area contributed by atoms with Gasteiger partial charge in [0.05, 0.1) is 26.1 Å². The van der Waals surface area contributed by atoms with E-state index in [1.807, 2.05) is 0 Å². The van der Waals surface area contributed by atoms with Crippen LogP contribution in [0.5, 0.6) is 23.0 Å². The molecule has 0 saturated heterocycles. The normalized spacial score (nSPS) is 23.5. The van der Waals surface area contributed by atoms with Crippen molar-refractivity contribution < 1.29 is 39.5 Å². The fourth-order valence-corrected chi connectivity index (χ4v) is 3.99. The predicted octanol–water partition coefficient (Wildman–Crippen LogP) is 2.40. The van der Waals surface area contributed by atoms with E-state index >= 15 is 0 Å². The monoisotopic (exact) mass is 388 g/mol. The molecular formula is C20H20O8. The van der Waals surface area contributed by atoms with Gasteiger partial charge in [0.1, 0.15) is 0 Å². The maximum absolute atomic E-state index is 11.8. The van der Waals surface area contributed by atoms with Crippen molar-refractivity contribution in [1.29, 1.82) is 0 Å². The molecule has 8 heteroatoms. The van der Waals surface area contributed by atoms with Gasteiger partial charge in [-0.1, -0.05) is 12.1 Å². The van der Waals surface area contributed by atoms with Crippen molar-refractivity contribution in [3.8, 4) is 23.0 Å². The molecule has 3 rings (SSSR count). The van der Waals surface area contributed by atoms with Gasteiger partial charge in [0, 0.05) is 11.8 Å². The first-order chi connectivity index (χ1) is 13.3. The summed E-state index contributed by atoms with van der Waals surface area (Å²) in [6.45, 7) is 0. The van der Waals surface area contributed by atoms with Gasteiger partial charge in [-0.2, -0.15) is 0 Å². The smallest absolute Gasteiger partial charge is 0.308 e. The molecule has 4 atom stereocenters. The van der Waals surface area contributed by atoms with Crippen LogP contribution in [0.15, 0.2) is 36.4 Å². The molecule has 4 N–H and O–H groups in total. The summed E-state index contributed by atoms with van der Waals surface area (Å²) in [6, 6.07) is 8.91. The Balaban J connectivity index is 2.13. The first-order valence-electron chi connectivity index (χ1n) is 8.49. The Kier molecular flexibility index (Phi) is 5.04. The van der Waals surface area contributed by atoms with Crippen molar-refractivity contribution >= 4 is 11.9 Å². The zero-order valence-corrected chi connectivity index (χ0v) is 15.2. The number of aliphatic carboxylic acids is 2. The number of carbonyl (C=O) groups is 2. The number of phenolic OH excluding ortho intramolecular Hbond substituents is 2. The molecule has 0 unspecified atom stereocenters. The van der Waals surface area contributed by atoms with Crippen LogP contribution in [0.1, 0.15) is 23.0 Å². The molecule has 1 fully saturated rings. The van der Waals surface area contributed by atoms with Crippen LogP contribution in [0, 0.1) is 11.8 Å². The first kappa shape index (κ1) is 19.3. The number of benzene rings is 2. The molecule has 2 aromatic carbocycles. The topological polar surface area (TPSA) is 134 Å². The molecule has 8 nitrogen and oxygen atoms in total. The second-order valence-corrected chi connectivity index (χ2v) is 6.64. The fraction of sp³-hybridized carbons (Fsp3) is 0.300. The maximum atomic E-state index is 11.8. The molecule has 1 saturated carbocycles. The Labute approximate surface area is 160 Å². The van der Waals surface area contributed by atoms with Crippen molar-refractivity contribution in [1.82, 2.24) is 0 Å². The lowest BCUT2D eigenvalue weighted by Gasteiger charge is -2.48. The summed E-state index contributed by atoms with van der Waals surface area (Å²) in [5, 5.41) is 39.0. The molecule has 148 valence electrons. The average Bonchev–Trinajstić information content (AvgIpc) is 2.63. The van der Waals surface area contributed by atoms with Crippen LogP contribution >= 0.6 is 0 Å². The Morgan fingerprint density at radius 2 is 1.11 bits per heavy atom. The maximum Gasteiger partial charge on any atom is 0.308 e. The van der Waals surface area contributed by atoms with Crippen LogP contribution in [0.25, 0.3) is 0 Å². The van der Waals surface area contributed by atoms with E-state index in [0.717, 1.165) is 0 Å². The predicted molar refractivity (Wildman–Crippen MR) is 97.1 cm³/mol. The van der Waals surface area contributed by atoms with Gasteiger partial charge in [-0.15, -0.1) is 0 Å². The van der Waals surface area contributed by atoms with Gasteiger partial charge in [-0.3, -0.25) is 9.59 Å². The molecule has 0 bridgehead atoms. The Bertz CT molecular complexity index is 847. The molecule has 28 heavy (non-hydrogen) atoms. The van der Waals surface area contributed by atoms with Gasteiger partial charge >= 0.3 is 11.9 Å². The molecule has 0 spiro atoms. The van der Waals surface area contributed by atoms with Gasteiger partial charge in [0.15, 0.2) is 23.0 Å². The molecule has 0 radical (unpaired) electrons. The number of phenols is 2. The summed E-state index contributed by atoms with van der Waals surface area (Å²) in [7, 11) is 2.74. The Morgan fingerprint density at radius 1 is 0.750 bits per heavy atom. The van der Waals surface area contributed by atoms with Crippen molar-refractivity contribution in [3.05, 3.63) is 47.5 Å². The SMILES string of the molecule is COc1cc([C@@H]2[C@H](C(=O)O)[C@H](C(=O)O)[C@@H]2c2ccc(O)c(OC)c2)ccc1O. The minimum absolute atomic E-state index is 0.102. The summed E-state index contributed by atoms with van der Waals surface area (Å²) in [5.41, 5.74) is 1.08. The van der Waals surface area contributed by atoms with Crippen LogP contribution in [0.3, 0.4) is 0 Å². The minimum Gasteiger partial charge on any atom is -0.504 e. The van der Waals surface area contributed by atoms with Gasteiger partial charge in [0.25, 0.3) is 0 Å². The molecule has 1 aliphatic carbocycles. The number of hydrogen-bond donors (Lipinski definition) is 4. The van der Waals surface area contributed by atoms with Crippen LogP contribution < -0.4 is 9.47 Å². The Hall–Kier alpha value is -3.42. The quantitative estimate of drug-likeness (QED) is 0.593. The van der Waals surface area contributed by atoms with Gasteiger partial charge in [-0.25, -0.2) is 0 Å². The number of aromatic hydroxyl groups is 2. The third-order valence-corrected chi connectivity index (χ3v) is 5.30. The summed E-state index contributed by atoms with van der Waals surface area (Å²) in [6.07, 6.45) is 0. The van der Waals surface area contributed by atoms with E-state index in [4.69, 9.17) is 9.47 Å². The second-order valence-electron chi connectivity index (χ2n) is 6.64. The number of carboxylic acids is 2. The summed E-state index contributed by atoms with van der Waals surface area (Å²) in [4.78, 5) is 23.7. The zero-order valence-electron chi connectivity index (χ0n) is 15.2. The largest absolute Gasteiger partial charge is 0.504 e. The van der Waals surface area contributed by atoms with E-state index in [2.05, 4.69) is 0 Å². The van der Waals surface area contributed by atoms with E-state index in [-0.39, 0.29) is 23.0 Å². The lowest BCUT2D eigenvalue weighted by atomic mass is 9.52. The molecule has 0 heterocycles. The fourth-order valence-electron chi connectivity index (χ4n) is 3.99. The first-order valence-corrected chi connectivity index (χ1v) is 8.49. The highest BCUT2D eigenvalue weighted by Gasteiger charge is 2.59. The van der Waals surface area contributed by atoms with Crippen molar-refractivity contribution in [2.75, 3.05) is 14.2 Å². The van der Waals surface area contributed by atoms with Crippen LogP contribution in [-0.4, -0.2) is 46.6 Å². The molecule has 2 aromatic rings. The van der Waals surface area contributed by atoms with Gasteiger partial charge in [0.2, 0.25) is 0 Å². The molecular weight excluding hydrogens is 368 g/mol. The number of hydrogen-bond acceptors (Lipinski definition) is 6. The standard InChI is InChI=1S/C20H20O8/c1-27-13-7-9(3-5-11(13)21)15-16(18(20(25)26)17(15)19(23)24)10-4-6-12(22)14(8-10)28-2/h3-8,15-18,21-22H,1-2H3,(H,23,24)(H,25,26)/t15-,16+,17-,18+. The molecule has 0 amide bonds. The highest BCUT2D eigenvalue weighted by atomic mass is 16.5. The van der Waals surface area contributed by atoms with E-state index < -0.39 is 35.6 Å². The van der Waals surface area contributed by atoms with E-state index in [9.17, 15) is 30.0 Å². The molecule has 0 aromatic heterocycles. The Morgan fingerprint density at radius 3 is 1.39 bits per heavy atom. The third-order valence-electron chi connectivity index (χ3n) is 5.30. The molecule has 1 aliphatic rings. The highest BCUT2D eigenvalue weighted by Crippen LogP contribution is 2.59. The number of carboxylic acid groups (broad SMARTS) is 2. The zero-order chi connectivity index (χ0) is 20.6. The highest BCUT2D eigenvalue weighted by molar-refractivity contribution is 5.85. The average molecular weight is 388 g/mol. The van der Waals surface area contributed by atoms with Crippen LogP contribution in [0.2, 0.25) is 0 Å².